The summed E-state index contributed by atoms with van der Waals surface area (Å²) in [7, 11) is 0. The molecule has 2 aromatic heterocycles. The van der Waals surface area contributed by atoms with Gasteiger partial charge in [-0.3, -0.25) is 0 Å². The van der Waals surface area contributed by atoms with Crippen molar-refractivity contribution in [1.29, 1.82) is 0 Å². The summed E-state index contributed by atoms with van der Waals surface area (Å²) in [4.78, 5) is 11.6. The van der Waals surface area contributed by atoms with E-state index in [0.29, 0.717) is 0 Å². The molecule has 1 aliphatic rings. The zero-order chi connectivity index (χ0) is 13.2. The number of hydrogen-bond donors (Lipinski definition) is 0. The Labute approximate surface area is 114 Å². The summed E-state index contributed by atoms with van der Waals surface area (Å²) in [5, 5.41) is 0. The van der Waals surface area contributed by atoms with E-state index in [2.05, 4.69) is 33.3 Å². The smallest absolute Gasteiger partial charge is 0.159 e. The summed E-state index contributed by atoms with van der Waals surface area (Å²) in [6, 6.07) is 4.00. The molecule has 1 saturated heterocycles. The van der Waals surface area contributed by atoms with Crippen LogP contribution in [0.2, 0.25) is 0 Å². The van der Waals surface area contributed by atoms with Gasteiger partial charge in [-0.25, -0.2) is 9.97 Å². The minimum absolute atomic E-state index is 0.765. The summed E-state index contributed by atoms with van der Waals surface area (Å²) < 4.78 is 2.29. The largest absolute Gasteiger partial charge is 0.313 e. The van der Waals surface area contributed by atoms with Gasteiger partial charge in [0.05, 0.1) is 0 Å². The fourth-order valence-electron chi connectivity index (χ4n) is 3.03. The van der Waals surface area contributed by atoms with E-state index < -0.39 is 0 Å². The SMILES string of the molecule is CCN1CCC(Cn2c(C)nc3cccnc32)CC1. The average molecular weight is 258 g/mol. The van der Waals surface area contributed by atoms with Crippen LogP contribution >= 0.6 is 0 Å². The Kier molecular flexibility index (Phi) is 3.51. The van der Waals surface area contributed by atoms with Crippen LogP contribution in [-0.2, 0) is 6.54 Å². The van der Waals surface area contributed by atoms with E-state index in [1.165, 1.54) is 32.5 Å². The van der Waals surface area contributed by atoms with E-state index in [4.69, 9.17) is 0 Å². The predicted molar refractivity (Wildman–Crippen MR) is 77.1 cm³/mol. The van der Waals surface area contributed by atoms with Gasteiger partial charge in [0.2, 0.25) is 0 Å². The number of hydrogen-bond acceptors (Lipinski definition) is 3. The van der Waals surface area contributed by atoms with Crippen molar-refractivity contribution in [2.24, 2.45) is 5.92 Å². The standard InChI is InChI=1S/C15H22N4/c1-3-18-9-6-13(7-10-18)11-19-12(2)17-14-5-4-8-16-15(14)19/h4-5,8,13H,3,6-7,9-11H2,1-2H3. The van der Waals surface area contributed by atoms with Gasteiger partial charge in [-0.1, -0.05) is 6.92 Å². The summed E-state index contributed by atoms with van der Waals surface area (Å²) >= 11 is 0. The highest BCUT2D eigenvalue weighted by Gasteiger charge is 2.20. The van der Waals surface area contributed by atoms with Crippen LogP contribution < -0.4 is 0 Å². The van der Waals surface area contributed by atoms with Gasteiger partial charge in [-0.05, 0) is 57.5 Å². The van der Waals surface area contributed by atoms with Gasteiger partial charge in [-0.2, -0.15) is 0 Å². The summed E-state index contributed by atoms with van der Waals surface area (Å²) in [5.74, 6) is 1.85. The summed E-state index contributed by atoms with van der Waals surface area (Å²) in [6.45, 7) is 9.05. The number of pyridine rings is 1. The molecule has 0 amide bonds. The van der Waals surface area contributed by atoms with E-state index in [1.54, 1.807) is 0 Å². The molecule has 0 unspecified atom stereocenters. The molecule has 2 aromatic rings. The quantitative estimate of drug-likeness (QED) is 0.848. The first kappa shape index (κ1) is 12.6. The predicted octanol–water partition coefficient (Wildman–Crippen LogP) is 2.47. The minimum atomic E-state index is 0.765. The Hall–Kier alpha value is -1.42. The molecule has 4 nitrogen and oxygen atoms in total. The van der Waals surface area contributed by atoms with Gasteiger partial charge in [0, 0.05) is 12.7 Å². The number of aromatic nitrogens is 3. The van der Waals surface area contributed by atoms with Gasteiger partial charge in [0.15, 0.2) is 5.65 Å². The number of fused-ring (bicyclic) bond motifs is 1. The third kappa shape index (κ3) is 2.50. The zero-order valence-corrected chi connectivity index (χ0v) is 11.8. The average Bonchev–Trinajstić information content (AvgIpc) is 2.76. The van der Waals surface area contributed by atoms with Crippen LogP contribution in [0.1, 0.15) is 25.6 Å². The number of rotatable bonds is 3. The van der Waals surface area contributed by atoms with Crippen LogP contribution in [0.25, 0.3) is 11.2 Å². The normalized spacial score (nSPS) is 18.2. The molecule has 3 rings (SSSR count). The maximum absolute atomic E-state index is 4.60. The number of imidazole rings is 1. The van der Waals surface area contributed by atoms with Crippen molar-refractivity contribution in [3.8, 4) is 0 Å². The first-order chi connectivity index (χ1) is 9.28. The fraction of sp³-hybridized carbons (Fsp3) is 0.600. The second kappa shape index (κ2) is 5.29. The highest BCUT2D eigenvalue weighted by molar-refractivity contribution is 5.70. The van der Waals surface area contributed by atoms with Crippen molar-refractivity contribution in [3.63, 3.8) is 0 Å². The Balaban J connectivity index is 1.77. The van der Waals surface area contributed by atoms with E-state index in [0.717, 1.165) is 29.5 Å². The van der Waals surface area contributed by atoms with Crippen molar-refractivity contribution in [1.82, 2.24) is 19.4 Å². The molecule has 0 N–H and O–H groups in total. The lowest BCUT2D eigenvalue weighted by atomic mass is 9.97. The molecular weight excluding hydrogens is 236 g/mol. The lowest BCUT2D eigenvalue weighted by Crippen LogP contribution is -2.34. The summed E-state index contributed by atoms with van der Waals surface area (Å²) in [5.41, 5.74) is 2.06. The van der Waals surface area contributed by atoms with Gasteiger partial charge in [0.1, 0.15) is 11.3 Å². The third-order valence-corrected chi connectivity index (χ3v) is 4.29. The highest BCUT2D eigenvalue weighted by atomic mass is 15.1. The van der Waals surface area contributed by atoms with Gasteiger partial charge >= 0.3 is 0 Å². The second-order valence-corrected chi connectivity index (χ2v) is 5.49. The van der Waals surface area contributed by atoms with Crippen LogP contribution in [0, 0.1) is 12.8 Å². The van der Waals surface area contributed by atoms with Crippen molar-refractivity contribution in [2.45, 2.75) is 33.2 Å². The molecule has 0 aromatic carbocycles. The zero-order valence-electron chi connectivity index (χ0n) is 11.8. The van der Waals surface area contributed by atoms with Crippen LogP contribution in [0.3, 0.4) is 0 Å². The molecule has 102 valence electrons. The molecular formula is C15H22N4. The molecule has 3 heterocycles. The van der Waals surface area contributed by atoms with E-state index in [9.17, 15) is 0 Å². The molecule has 0 radical (unpaired) electrons. The second-order valence-electron chi connectivity index (χ2n) is 5.49. The van der Waals surface area contributed by atoms with Crippen LogP contribution in [0.5, 0.6) is 0 Å². The Morgan fingerprint density at radius 2 is 2.11 bits per heavy atom. The van der Waals surface area contributed by atoms with E-state index in [-0.39, 0.29) is 0 Å². The van der Waals surface area contributed by atoms with E-state index >= 15 is 0 Å². The van der Waals surface area contributed by atoms with Crippen LogP contribution in [0.4, 0.5) is 0 Å². The molecule has 0 spiro atoms. The van der Waals surface area contributed by atoms with Crippen molar-refractivity contribution in [3.05, 3.63) is 24.2 Å². The Morgan fingerprint density at radius 1 is 1.32 bits per heavy atom. The maximum Gasteiger partial charge on any atom is 0.159 e. The molecule has 19 heavy (non-hydrogen) atoms. The molecule has 0 bridgehead atoms. The monoisotopic (exact) mass is 258 g/mol. The first-order valence-electron chi connectivity index (χ1n) is 7.28. The first-order valence-corrected chi connectivity index (χ1v) is 7.28. The fourth-order valence-corrected chi connectivity index (χ4v) is 3.03. The van der Waals surface area contributed by atoms with Crippen molar-refractivity contribution >= 4 is 11.2 Å². The summed E-state index contributed by atoms with van der Waals surface area (Å²) in [6.07, 6.45) is 4.44. The van der Waals surface area contributed by atoms with E-state index in [1.807, 2.05) is 18.3 Å². The minimum Gasteiger partial charge on any atom is -0.313 e. The number of likely N-dealkylation sites (tertiary alicyclic amines) is 1. The molecule has 1 aliphatic heterocycles. The molecule has 4 heteroatoms. The lowest BCUT2D eigenvalue weighted by Gasteiger charge is -2.31. The third-order valence-electron chi connectivity index (χ3n) is 4.29. The molecule has 0 atom stereocenters. The van der Waals surface area contributed by atoms with Crippen molar-refractivity contribution < 1.29 is 0 Å². The Morgan fingerprint density at radius 3 is 2.84 bits per heavy atom. The van der Waals surface area contributed by atoms with Gasteiger partial charge in [0.25, 0.3) is 0 Å². The lowest BCUT2D eigenvalue weighted by molar-refractivity contribution is 0.181. The van der Waals surface area contributed by atoms with Crippen LogP contribution in [0.15, 0.2) is 18.3 Å². The number of piperidine rings is 1. The highest BCUT2D eigenvalue weighted by Crippen LogP contribution is 2.22. The van der Waals surface area contributed by atoms with Gasteiger partial charge in [-0.15, -0.1) is 0 Å². The topological polar surface area (TPSA) is 34.0 Å². The number of nitrogens with zero attached hydrogens (tertiary/aromatic N) is 4. The molecule has 1 fully saturated rings. The van der Waals surface area contributed by atoms with Gasteiger partial charge < -0.3 is 9.47 Å². The Bertz CT molecular complexity index is 552. The van der Waals surface area contributed by atoms with Crippen molar-refractivity contribution in [2.75, 3.05) is 19.6 Å². The van der Waals surface area contributed by atoms with Crippen LogP contribution in [-0.4, -0.2) is 39.1 Å². The number of aryl methyl sites for hydroxylation is 1. The molecule has 0 saturated carbocycles. The molecule has 0 aliphatic carbocycles. The maximum atomic E-state index is 4.60.